The summed E-state index contributed by atoms with van der Waals surface area (Å²) in [7, 11) is -3.02. The molecular formula is C16H22N4O3S2. The number of sulfone groups is 1. The summed E-state index contributed by atoms with van der Waals surface area (Å²) in [5, 5.41) is 8.16. The number of anilines is 1. The molecule has 3 rings (SSSR count). The Morgan fingerprint density at radius 3 is 2.84 bits per heavy atom. The van der Waals surface area contributed by atoms with Gasteiger partial charge in [-0.15, -0.1) is 11.3 Å². The number of carbonyl (C=O) groups is 1. The molecule has 1 amide bonds. The summed E-state index contributed by atoms with van der Waals surface area (Å²) >= 11 is 1.38. The molecule has 136 valence electrons. The van der Waals surface area contributed by atoms with Crippen LogP contribution in [0.4, 0.5) is 5.82 Å². The normalized spacial score (nSPS) is 19.2. The lowest BCUT2D eigenvalue weighted by Gasteiger charge is -2.13. The van der Waals surface area contributed by atoms with Gasteiger partial charge in [-0.1, -0.05) is 13.3 Å². The third-order valence-corrected chi connectivity index (χ3v) is 6.91. The van der Waals surface area contributed by atoms with Gasteiger partial charge in [0.25, 0.3) is 5.91 Å². The van der Waals surface area contributed by atoms with E-state index < -0.39 is 9.84 Å². The standard InChI is InChI=1S/C16H22N4O3S2/c1-4-5-13-15(24-11(3)17-13)16(21)18-14-8-10(2)19-20(14)12-6-7-25(22,23)9-12/h8,12H,4-7,9H2,1-3H3,(H,18,21). The Labute approximate surface area is 151 Å². The molecule has 0 saturated carbocycles. The van der Waals surface area contributed by atoms with E-state index in [4.69, 9.17) is 0 Å². The number of hydrogen-bond donors (Lipinski definition) is 1. The molecule has 1 N–H and O–H groups in total. The van der Waals surface area contributed by atoms with Gasteiger partial charge in [0.15, 0.2) is 9.84 Å². The van der Waals surface area contributed by atoms with Gasteiger partial charge in [0, 0.05) is 6.07 Å². The minimum absolute atomic E-state index is 0.0672. The number of nitrogens with one attached hydrogen (secondary N) is 1. The number of carbonyl (C=O) groups excluding carboxylic acids is 1. The first-order valence-corrected chi connectivity index (χ1v) is 11.0. The van der Waals surface area contributed by atoms with E-state index in [0.717, 1.165) is 29.2 Å². The number of aryl methyl sites for hydroxylation is 3. The smallest absolute Gasteiger partial charge is 0.268 e. The van der Waals surface area contributed by atoms with Gasteiger partial charge in [-0.05, 0) is 26.7 Å². The van der Waals surface area contributed by atoms with Crippen molar-refractivity contribution in [3.63, 3.8) is 0 Å². The van der Waals surface area contributed by atoms with Gasteiger partial charge in [0.1, 0.15) is 10.7 Å². The Balaban J connectivity index is 1.85. The summed E-state index contributed by atoms with van der Waals surface area (Å²) in [5.41, 5.74) is 1.56. The van der Waals surface area contributed by atoms with Gasteiger partial charge in [-0.2, -0.15) is 5.10 Å². The monoisotopic (exact) mass is 382 g/mol. The molecule has 0 aliphatic carbocycles. The van der Waals surface area contributed by atoms with Crippen molar-refractivity contribution in [3.05, 3.63) is 27.3 Å². The molecule has 7 nitrogen and oxygen atoms in total. The fourth-order valence-electron chi connectivity index (χ4n) is 3.08. The molecule has 0 radical (unpaired) electrons. The SMILES string of the molecule is CCCc1nc(C)sc1C(=O)Nc1cc(C)nn1C1CCS(=O)(=O)C1. The third-order valence-electron chi connectivity index (χ3n) is 4.15. The van der Waals surface area contributed by atoms with Crippen molar-refractivity contribution in [1.29, 1.82) is 0 Å². The highest BCUT2D eigenvalue weighted by Crippen LogP contribution is 2.28. The van der Waals surface area contributed by atoms with Crippen LogP contribution in [0, 0.1) is 13.8 Å². The summed E-state index contributed by atoms with van der Waals surface area (Å²) in [5.74, 6) is 0.560. The van der Waals surface area contributed by atoms with Crippen LogP contribution in [0.1, 0.15) is 51.9 Å². The number of hydrogen-bond acceptors (Lipinski definition) is 6. The van der Waals surface area contributed by atoms with Gasteiger partial charge in [0.05, 0.1) is 33.9 Å². The third kappa shape index (κ3) is 3.92. The Hall–Kier alpha value is -1.74. The van der Waals surface area contributed by atoms with Crippen molar-refractivity contribution in [1.82, 2.24) is 14.8 Å². The molecule has 1 atom stereocenters. The highest BCUT2D eigenvalue weighted by Gasteiger charge is 2.31. The van der Waals surface area contributed by atoms with E-state index in [-0.39, 0.29) is 23.5 Å². The Morgan fingerprint density at radius 2 is 2.20 bits per heavy atom. The molecule has 9 heteroatoms. The Morgan fingerprint density at radius 1 is 1.44 bits per heavy atom. The predicted molar refractivity (Wildman–Crippen MR) is 98.1 cm³/mol. The highest BCUT2D eigenvalue weighted by atomic mass is 32.2. The summed E-state index contributed by atoms with van der Waals surface area (Å²) in [6.07, 6.45) is 2.19. The Bertz CT molecular complexity index is 899. The largest absolute Gasteiger partial charge is 0.306 e. The van der Waals surface area contributed by atoms with E-state index in [1.54, 1.807) is 10.7 Å². The molecular weight excluding hydrogens is 360 g/mol. The molecule has 0 aromatic carbocycles. The molecule has 0 bridgehead atoms. The number of aromatic nitrogens is 3. The van der Waals surface area contributed by atoms with Crippen LogP contribution in [0.3, 0.4) is 0 Å². The summed E-state index contributed by atoms with van der Waals surface area (Å²) < 4.78 is 25.2. The molecule has 1 aliphatic heterocycles. The second-order valence-corrected chi connectivity index (χ2v) is 9.82. The van der Waals surface area contributed by atoms with Crippen LogP contribution in [0.5, 0.6) is 0 Å². The van der Waals surface area contributed by atoms with Crippen LogP contribution in [-0.2, 0) is 16.3 Å². The lowest BCUT2D eigenvalue weighted by Crippen LogP contribution is -2.19. The van der Waals surface area contributed by atoms with Gasteiger partial charge in [0.2, 0.25) is 0 Å². The van der Waals surface area contributed by atoms with Gasteiger partial charge < -0.3 is 5.32 Å². The molecule has 1 unspecified atom stereocenters. The lowest BCUT2D eigenvalue weighted by molar-refractivity contribution is 0.102. The van der Waals surface area contributed by atoms with Gasteiger partial charge in [-0.3, -0.25) is 4.79 Å². The topological polar surface area (TPSA) is 93.9 Å². The first kappa shape index (κ1) is 18.1. The van der Waals surface area contributed by atoms with Gasteiger partial charge in [-0.25, -0.2) is 18.1 Å². The van der Waals surface area contributed by atoms with Crippen LogP contribution in [0.15, 0.2) is 6.07 Å². The summed E-state index contributed by atoms with van der Waals surface area (Å²) in [6.45, 7) is 5.77. The minimum Gasteiger partial charge on any atom is -0.306 e. The molecule has 3 heterocycles. The molecule has 1 fully saturated rings. The maximum Gasteiger partial charge on any atom is 0.268 e. The number of thiazole rings is 1. The van der Waals surface area contributed by atoms with Gasteiger partial charge >= 0.3 is 0 Å². The van der Waals surface area contributed by atoms with Crippen LogP contribution >= 0.6 is 11.3 Å². The maximum atomic E-state index is 12.7. The number of rotatable bonds is 5. The van der Waals surface area contributed by atoms with Crippen molar-refractivity contribution in [2.45, 2.75) is 46.1 Å². The second-order valence-electron chi connectivity index (χ2n) is 6.39. The number of amides is 1. The zero-order valence-electron chi connectivity index (χ0n) is 14.6. The molecule has 2 aromatic rings. The van der Waals surface area contributed by atoms with Crippen molar-refractivity contribution in [2.75, 3.05) is 16.8 Å². The van der Waals surface area contributed by atoms with E-state index in [1.807, 2.05) is 13.8 Å². The first-order chi connectivity index (χ1) is 11.8. The quantitative estimate of drug-likeness (QED) is 0.857. The van der Waals surface area contributed by atoms with Crippen LogP contribution in [-0.4, -0.2) is 40.6 Å². The minimum atomic E-state index is -3.02. The van der Waals surface area contributed by atoms with E-state index in [0.29, 0.717) is 17.1 Å². The van der Waals surface area contributed by atoms with Crippen molar-refractivity contribution >= 4 is 32.9 Å². The fraction of sp³-hybridized carbons (Fsp3) is 0.562. The van der Waals surface area contributed by atoms with Crippen molar-refractivity contribution < 1.29 is 13.2 Å². The molecule has 25 heavy (non-hydrogen) atoms. The molecule has 1 saturated heterocycles. The average Bonchev–Trinajstić information content (AvgIpc) is 3.17. The van der Waals surface area contributed by atoms with E-state index in [2.05, 4.69) is 22.3 Å². The van der Waals surface area contributed by atoms with Crippen molar-refractivity contribution in [3.8, 4) is 0 Å². The molecule has 1 aliphatic rings. The fourth-order valence-corrected chi connectivity index (χ4v) is 5.64. The molecule has 2 aromatic heterocycles. The lowest BCUT2D eigenvalue weighted by atomic mass is 10.2. The van der Waals surface area contributed by atoms with E-state index in [1.165, 1.54) is 11.3 Å². The van der Waals surface area contributed by atoms with Crippen LogP contribution < -0.4 is 5.32 Å². The number of nitrogens with zero attached hydrogens (tertiary/aromatic N) is 3. The zero-order chi connectivity index (χ0) is 18.2. The van der Waals surface area contributed by atoms with Crippen molar-refractivity contribution in [2.24, 2.45) is 0 Å². The highest BCUT2D eigenvalue weighted by molar-refractivity contribution is 7.91. The maximum absolute atomic E-state index is 12.7. The average molecular weight is 383 g/mol. The van der Waals surface area contributed by atoms with E-state index >= 15 is 0 Å². The predicted octanol–water partition coefficient (Wildman–Crippen LogP) is 2.52. The second kappa shape index (κ2) is 6.87. The Kier molecular flexibility index (Phi) is 4.97. The zero-order valence-corrected chi connectivity index (χ0v) is 16.2. The summed E-state index contributed by atoms with van der Waals surface area (Å²) in [4.78, 5) is 17.8. The van der Waals surface area contributed by atoms with Crippen LogP contribution in [0.25, 0.3) is 0 Å². The van der Waals surface area contributed by atoms with Crippen LogP contribution in [0.2, 0.25) is 0 Å². The van der Waals surface area contributed by atoms with E-state index in [9.17, 15) is 13.2 Å². The summed E-state index contributed by atoms with van der Waals surface area (Å²) in [6, 6.07) is 1.54. The first-order valence-electron chi connectivity index (χ1n) is 8.33. The molecule has 0 spiro atoms.